The zero-order valence-corrected chi connectivity index (χ0v) is 15.6. The van der Waals surface area contributed by atoms with Crippen molar-refractivity contribution in [3.8, 4) is 0 Å². The second-order valence-corrected chi connectivity index (χ2v) is 8.28. The topological polar surface area (TPSA) is 39.7 Å². The van der Waals surface area contributed by atoms with Crippen LogP contribution in [0.5, 0.6) is 0 Å². The molecule has 0 aromatic carbocycles. The second kappa shape index (κ2) is 9.02. The lowest BCUT2D eigenvalue weighted by atomic mass is 10.0. The number of thioether (sulfide) groups is 1. The highest BCUT2D eigenvalue weighted by Gasteiger charge is 2.31. The van der Waals surface area contributed by atoms with Crippen LogP contribution in [0.3, 0.4) is 0 Å². The number of hydrogen-bond donors (Lipinski definition) is 2. The minimum atomic E-state index is 0.516. The van der Waals surface area contributed by atoms with E-state index in [-0.39, 0.29) is 0 Å². The largest absolute Gasteiger partial charge is 0.357 e. The van der Waals surface area contributed by atoms with Gasteiger partial charge in [-0.05, 0) is 57.0 Å². The van der Waals surface area contributed by atoms with Gasteiger partial charge in [0, 0.05) is 38.3 Å². The van der Waals surface area contributed by atoms with Crippen molar-refractivity contribution in [1.29, 1.82) is 0 Å². The van der Waals surface area contributed by atoms with Gasteiger partial charge in [0.25, 0.3) is 0 Å². The molecule has 0 aromatic rings. The molecule has 128 valence electrons. The van der Waals surface area contributed by atoms with Gasteiger partial charge in [-0.1, -0.05) is 6.92 Å². The number of nitrogens with zero attached hydrogens (tertiary/aromatic N) is 2. The lowest BCUT2D eigenvalue weighted by molar-refractivity contribution is 0.265. The van der Waals surface area contributed by atoms with E-state index in [2.05, 4.69) is 55.0 Å². The maximum atomic E-state index is 4.87. The molecule has 2 unspecified atom stereocenters. The van der Waals surface area contributed by atoms with Gasteiger partial charge in [0.1, 0.15) is 0 Å². The summed E-state index contributed by atoms with van der Waals surface area (Å²) in [6.07, 6.45) is 2.66. The van der Waals surface area contributed by atoms with E-state index in [1.807, 2.05) is 0 Å². The first-order valence-corrected chi connectivity index (χ1v) is 10.1. The molecule has 2 N–H and O–H groups in total. The standard InChI is InChI=1S/C17H34N4S/c1-5-18-17(19-10-15-6-8-22-9-7-15)20-16-12-21(13(2)3)11-14(16)4/h13-16H,5-12H2,1-4H3,(H2,18,19,20). The van der Waals surface area contributed by atoms with Crippen molar-refractivity contribution < 1.29 is 0 Å². The number of likely N-dealkylation sites (tertiary alicyclic amines) is 1. The molecule has 0 radical (unpaired) electrons. The fourth-order valence-electron chi connectivity index (χ4n) is 3.26. The lowest BCUT2D eigenvalue weighted by Gasteiger charge is -2.23. The summed E-state index contributed by atoms with van der Waals surface area (Å²) in [4.78, 5) is 7.43. The molecule has 2 atom stereocenters. The van der Waals surface area contributed by atoms with Gasteiger partial charge in [-0.3, -0.25) is 9.89 Å². The molecule has 0 spiro atoms. The summed E-state index contributed by atoms with van der Waals surface area (Å²) in [6, 6.07) is 1.15. The number of rotatable bonds is 5. The van der Waals surface area contributed by atoms with Crippen molar-refractivity contribution in [1.82, 2.24) is 15.5 Å². The summed E-state index contributed by atoms with van der Waals surface area (Å²) in [5.74, 6) is 5.10. The van der Waals surface area contributed by atoms with Gasteiger partial charge in [-0.25, -0.2) is 0 Å². The molecular weight excluding hydrogens is 292 g/mol. The maximum Gasteiger partial charge on any atom is 0.191 e. The first kappa shape index (κ1) is 17.9. The number of hydrogen-bond acceptors (Lipinski definition) is 3. The third kappa shape index (κ3) is 5.34. The summed E-state index contributed by atoms with van der Waals surface area (Å²) in [5, 5.41) is 7.11. The second-order valence-electron chi connectivity index (χ2n) is 7.05. The molecule has 0 saturated carbocycles. The van der Waals surface area contributed by atoms with Crippen molar-refractivity contribution >= 4 is 17.7 Å². The molecule has 0 aromatic heterocycles. The summed E-state index contributed by atoms with van der Waals surface area (Å²) >= 11 is 2.09. The van der Waals surface area contributed by atoms with Gasteiger partial charge in [0.2, 0.25) is 0 Å². The van der Waals surface area contributed by atoms with E-state index in [4.69, 9.17) is 4.99 Å². The normalized spacial score (nSPS) is 28.3. The Morgan fingerprint density at radius 3 is 2.59 bits per heavy atom. The van der Waals surface area contributed by atoms with E-state index in [1.54, 1.807) is 0 Å². The van der Waals surface area contributed by atoms with Crippen LogP contribution in [0.1, 0.15) is 40.5 Å². The fourth-order valence-corrected chi connectivity index (χ4v) is 4.46. The van der Waals surface area contributed by atoms with E-state index in [0.29, 0.717) is 18.0 Å². The SMILES string of the molecule is CCNC(=NCC1CCSCC1)NC1CN(C(C)C)CC1C. The van der Waals surface area contributed by atoms with E-state index in [0.717, 1.165) is 31.5 Å². The smallest absolute Gasteiger partial charge is 0.191 e. The highest BCUT2D eigenvalue weighted by molar-refractivity contribution is 7.99. The monoisotopic (exact) mass is 326 g/mol. The van der Waals surface area contributed by atoms with Crippen LogP contribution in [-0.4, -0.2) is 60.6 Å². The Hall–Kier alpha value is -0.420. The molecule has 4 nitrogen and oxygen atoms in total. The molecule has 22 heavy (non-hydrogen) atoms. The molecular formula is C17H34N4S. The summed E-state index contributed by atoms with van der Waals surface area (Å²) in [5.41, 5.74) is 0. The fraction of sp³-hybridized carbons (Fsp3) is 0.941. The third-order valence-corrected chi connectivity index (χ3v) is 5.93. The van der Waals surface area contributed by atoms with Crippen LogP contribution in [-0.2, 0) is 0 Å². The van der Waals surface area contributed by atoms with E-state index < -0.39 is 0 Å². The van der Waals surface area contributed by atoms with Gasteiger partial charge >= 0.3 is 0 Å². The van der Waals surface area contributed by atoms with Crippen molar-refractivity contribution in [3.05, 3.63) is 0 Å². The Bertz CT molecular complexity index is 353. The molecule has 2 fully saturated rings. The molecule has 2 aliphatic rings. The minimum absolute atomic E-state index is 0.516. The Morgan fingerprint density at radius 1 is 1.27 bits per heavy atom. The van der Waals surface area contributed by atoms with E-state index in [1.165, 1.54) is 30.9 Å². The summed E-state index contributed by atoms with van der Waals surface area (Å²) in [6.45, 7) is 13.3. The summed E-state index contributed by atoms with van der Waals surface area (Å²) < 4.78 is 0. The van der Waals surface area contributed by atoms with Crippen LogP contribution in [0.2, 0.25) is 0 Å². The highest BCUT2D eigenvalue weighted by Crippen LogP contribution is 2.23. The van der Waals surface area contributed by atoms with Crippen LogP contribution >= 0.6 is 11.8 Å². The third-order valence-electron chi connectivity index (χ3n) is 4.89. The maximum absolute atomic E-state index is 4.87. The van der Waals surface area contributed by atoms with Crippen LogP contribution in [0, 0.1) is 11.8 Å². The lowest BCUT2D eigenvalue weighted by Crippen LogP contribution is -2.47. The number of guanidine groups is 1. The summed E-state index contributed by atoms with van der Waals surface area (Å²) in [7, 11) is 0. The molecule has 0 amide bonds. The molecule has 0 aliphatic carbocycles. The predicted molar refractivity (Wildman–Crippen MR) is 98.8 cm³/mol. The van der Waals surface area contributed by atoms with Crippen molar-refractivity contribution in [2.24, 2.45) is 16.8 Å². The Balaban J connectivity index is 1.87. The van der Waals surface area contributed by atoms with Gasteiger partial charge in [0.05, 0.1) is 0 Å². The zero-order valence-electron chi connectivity index (χ0n) is 14.8. The van der Waals surface area contributed by atoms with Crippen molar-refractivity contribution in [2.75, 3.05) is 37.7 Å². The van der Waals surface area contributed by atoms with Crippen molar-refractivity contribution in [2.45, 2.75) is 52.6 Å². The first-order chi connectivity index (χ1) is 10.6. The average Bonchev–Trinajstić information content (AvgIpc) is 2.87. The zero-order chi connectivity index (χ0) is 15.9. The first-order valence-electron chi connectivity index (χ1n) is 8.96. The van der Waals surface area contributed by atoms with Crippen molar-refractivity contribution in [3.63, 3.8) is 0 Å². The number of nitrogens with one attached hydrogen (secondary N) is 2. The minimum Gasteiger partial charge on any atom is -0.357 e. The molecule has 2 saturated heterocycles. The van der Waals surface area contributed by atoms with Gasteiger partial charge in [0.15, 0.2) is 5.96 Å². The molecule has 0 bridgehead atoms. The van der Waals surface area contributed by atoms with Crippen LogP contribution in [0.15, 0.2) is 4.99 Å². The quantitative estimate of drug-likeness (QED) is 0.601. The Labute approximate surface area is 140 Å². The average molecular weight is 327 g/mol. The van der Waals surface area contributed by atoms with Crippen LogP contribution in [0.25, 0.3) is 0 Å². The molecule has 2 aliphatic heterocycles. The Kier molecular flexibility index (Phi) is 7.35. The Morgan fingerprint density at radius 2 is 2.00 bits per heavy atom. The van der Waals surface area contributed by atoms with E-state index in [9.17, 15) is 0 Å². The highest BCUT2D eigenvalue weighted by atomic mass is 32.2. The van der Waals surface area contributed by atoms with Gasteiger partial charge in [-0.15, -0.1) is 0 Å². The van der Waals surface area contributed by atoms with Gasteiger partial charge < -0.3 is 10.6 Å². The van der Waals surface area contributed by atoms with Gasteiger partial charge in [-0.2, -0.15) is 11.8 Å². The van der Waals surface area contributed by atoms with Crippen LogP contribution in [0.4, 0.5) is 0 Å². The van der Waals surface area contributed by atoms with Crippen LogP contribution < -0.4 is 10.6 Å². The molecule has 5 heteroatoms. The molecule has 2 rings (SSSR count). The molecule has 2 heterocycles. The van der Waals surface area contributed by atoms with E-state index >= 15 is 0 Å². The predicted octanol–water partition coefficient (Wildman–Crippen LogP) is 2.41. The number of aliphatic imine (C=N–C) groups is 1.